The van der Waals surface area contributed by atoms with Gasteiger partial charge >= 0.3 is 6.09 Å². The van der Waals surface area contributed by atoms with Crippen LogP contribution in [0.3, 0.4) is 0 Å². The lowest BCUT2D eigenvalue weighted by molar-refractivity contribution is -0.179. The zero-order valence-electron chi connectivity index (χ0n) is 12.5. The number of carbonyl (C=O) groups is 1. The Bertz CT molecular complexity index is 575. The number of hydrogen-bond donors (Lipinski definition) is 1. The van der Waals surface area contributed by atoms with Crippen molar-refractivity contribution in [1.29, 1.82) is 0 Å². The predicted molar refractivity (Wildman–Crippen MR) is 76.0 cm³/mol. The van der Waals surface area contributed by atoms with Gasteiger partial charge in [-0.1, -0.05) is 30.3 Å². The number of carbonyl (C=O) groups excluding carboxylic acids is 1. The van der Waals surface area contributed by atoms with E-state index < -0.39 is 11.9 Å². The highest BCUT2D eigenvalue weighted by molar-refractivity contribution is 5.71. The average molecular weight is 305 g/mol. The molecule has 1 saturated carbocycles. The third-order valence-electron chi connectivity index (χ3n) is 4.33. The first-order chi connectivity index (χ1) is 10.5. The van der Waals surface area contributed by atoms with Gasteiger partial charge in [-0.25, -0.2) is 4.79 Å². The van der Waals surface area contributed by atoms with Gasteiger partial charge in [0.25, 0.3) is 0 Å². The smallest absolute Gasteiger partial charge is 0.408 e. The van der Waals surface area contributed by atoms with E-state index in [1.165, 1.54) is 0 Å². The Hall–Kier alpha value is -1.63. The summed E-state index contributed by atoms with van der Waals surface area (Å²) in [6.07, 6.45) is -1.62. The Labute approximate surface area is 128 Å². The SMILES string of the molecule is CC1(C)O[C@H]2[C@H](OCc3ccccc3)[C@H]3OC(=O)N[C@H]3[C@H]2O1. The lowest BCUT2D eigenvalue weighted by Crippen LogP contribution is -2.41. The lowest BCUT2D eigenvalue weighted by Gasteiger charge is -2.25. The van der Waals surface area contributed by atoms with Crippen LogP contribution >= 0.6 is 0 Å². The van der Waals surface area contributed by atoms with Crippen LogP contribution in [-0.2, 0) is 25.6 Å². The molecule has 1 amide bonds. The Balaban J connectivity index is 1.53. The van der Waals surface area contributed by atoms with Crippen LogP contribution in [0.15, 0.2) is 30.3 Å². The van der Waals surface area contributed by atoms with Crippen molar-refractivity contribution >= 4 is 6.09 Å². The van der Waals surface area contributed by atoms with E-state index in [1.807, 2.05) is 44.2 Å². The summed E-state index contributed by atoms with van der Waals surface area (Å²) in [5, 5.41) is 2.81. The Morgan fingerprint density at radius 1 is 1.14 bits per heavy atom. The standard InChI is InChI=1S/C16H19NO5/c1-16(2)21-12-10-11(20-15(18)17-10)13(14(12)22-16)19-8-9-6-4-3-5-7-9/h3-7,10-14H,8H2,1-2H3,(H,17,18)/t10-,11+,12-,13-,14-/m1/s1. The molecule has 0 bridgehead atoms. The van der Waals surface area contributed by atoms with Crippen molar-refractivity contribution < 1.29 is 23.7 Å². The van der Waals surface area contributed by atoms with Gasteiger partial charge in [-0.05, 0) is 19.4 Å². The van der Waals surface area contributed by atoms with Gasteiger partial charge in [0.2, 0.25) is 0 Å². The predicted octanol–water partition coefficient (Wildman–Crippen LogP) is 1.58. The summed E-state index contributed by atoms with van der Waals surface area (Å²) < 4.78 is 23.3. The first kappa shape index (κ1) is 14.0. The van der Waals surface area contributed by atoms with Gasteiger partial charge in [-0.2, -0.15) is 0 Å². The van der Waals surface area contributed by atoms with E-state index in [4.69, 9.17) is 18.9 Å². The molecule has 0 unspecified atom stereocenters. The Kier molecular flexibility index (Phi) is 3.14. The minimum atomic E-state index is -0.679. The van der Waals surface area contributed by atoms with Crippen molar-refractivity contribution in [2.24, 2.45) is 0 Å². The first-order valence-electron chi connectivity index (χ1n) is 7.52. The van der Waals surface area contributed by atoms with E-state index in [-0.39, 0.29) is 30.5 Å². The summed E-state index contributed by atoms with van der Waals surface area (Å²) in [7, 11) is 0. The number of benzene rings is 1. The molecule has 4 rings (SSSR count). The van der Waals surface area contributed by atoms with Gasteiger partial charge in [0, 0.05) is 0 Å². The molecule has 2 aliphatic heterocycles. The van der Waals surface area contributed by atoms with Crippen LogP contribution in [0.25, 0.3) is 0 Å². The molecule has 6 nitrogen and oxygen atoms in total. The largest absolute Gasteiger partial charge is 0.441 e. The molecule has 5 atom stereocenters. The molecule has 3 fully saturated rings. The molecule has 1 N–H and O–H groups in total. The Morgan fingerprint density at radius 3 is 2.64 bits per heavy atom. The van der Waals surface area contributed by atoms with Crippen LogP contribution in [0.4, 0.5) is 4.79 Å². The fourth-order valence-electron chi connectivity index (χ4n) is 3.48. The van der Waals surface area contributed by atoms with E-state index in [2.05, 4.69) is 5.32 Å². The number of nitrogens with one attached hydrogen (secondary N) is 1. The van der Waals surface area contributed by atoms with E-state index in [0.29, 0.717) is 6.61 Å². The van der Waals surface area contributed by atoms with Gasteiger partial charge in [0.1, 0.15) is 24.4 Å². The zero-order valence-corrected chi connectivity index (χ0v) is 12.5. The minimum absolute atomic E-state index is 0.222. The van der Waals surface area contributed by atoms with E-state index >= 15 is 0 Å². The van der Waals surface area contributed by atoms with Gasteiger partial charge in [-0.15, -0.1) is 0 Å². The summed E-state index contributed by atoms with van der Waals surface area (Å²) >= 11 is 0. The maximum atomic E-state index is 11.5. The number of amides is 1. The first-order valence-corrected chi connectivity index (χ1v) is 7.52. The molecule has 2 heterocycles. The molecule has 3 aliphatic rings. The number of hydrogen-bond acceptors (Lipinski definition) is 5. The minimum Gasteiger partial charge on any atom is -0.441 e. The highest BCUT2D eigenvalue weighted by Crippen LogP contribution is 2.42. The molecule has 0 radical (unpaired) electrons. The van der Waals surface area contributed by atoms with Crippen LogP contribution in [0.2, 0.25) is 0 Å². The normalized spacial score (nSPS) is 38.3. The molecule has 1 aliphatic carbocycles. The lowest BCUT2D eigenvalue weighted by atomic mass is 10.2. The van der Waals surface area contributed by atoms with Crippen molar-refractivity contribution in [2.75, 3.05) is 0 Å². The van der Waals surface area contributed by atoms with Crippen LogP contribution < -0.4 is 5.32 Å². The monoisotopic (exact) mass is 305 g/mol. The molecular weight excluding hydrogens is 286 g/mol. The van der Waals surface area contributed by atoms with Gasteiger partial charge in [0.05, 0.1) is 6.61 Å². The fourth-order valence-corrected chi connectivity index (χ4v) is 3.48. The molecule has 22 heavy (non-hydrogen) atoms. The van der Waals surface area contributed by atoms with Crippen molar-refractivity contribution in [2.45, 2.75) is 56.7 Å². The maximum Gasteiger partial charge on any atom is 0.408 e. The maximum absolute atomic E-state index is 11.5. The molecule has 1 aromatic carbocycles. The second-order valence-electron chi connectivity index (χ2n) is 6.37. The summed E-state index contributed by atoms with van der Waals surface area (Å²) in [4.78, 5) is 11.5. The number of ether oxygens (including phenoxy) is 4. The highest BCUT2D eigenvalue weighted by Gasteiger charge is 2.63. The van der Waals surface area contributed by atoms with Crippen LogP contribution in [0, 0.1) is 0 Å². The van der Waals surface area contributed by atoms with Crippen LogP contribution in [0.1, 0.15) is 19.4 Å². The molecule has 6 heteroatoms. The highest BCUT2D eigenvalue weighted by atomic mass is 16.8. The van der Waals surface area contributed by atoms with Gasteiger partial charge in [-0.3, -0.25) is 0 Å². The fraction of sp³-hybridized carbons (Fsp3) is 0.562. The van der Waals surface area contributed by atoms with Crippen molar-refractivity contribution in [3.63, 3.8) is 0 Å². The quantitative estimate of drug-likeness (QED) is 0.918. The molecular formula is C16H19NO5. The summed E-state index contributed by atoms with van der Waals surface area (Å²) in [5.74, 6) is -0.679. The average Bonchev–Trinajstić information content (AvgIpc) is 3.06. The molecule has 0 spiro atoms. The Morgan fingerprint density at radius 2 is 1.86 bits per heavy atom. The zero-order chi connectivity index (χ0) is 15.3. The third kappa shape index (κ3) is 2.27. The van der Waals surface area contributed by atoms with E-state index in [0.717, 1.165) is 5.56 Å². The summed E-state index contributed by atoms with van der Waals surface area (Å²) in [6, 6.07) is 9.67. The number of fused-ring (bicyclic) bond motifs is 3. The molecule has 2 saturated heterocycles. The van der Waals surface area contributed by atoms with E-state index in [9.17, 15) is 4.79 Å². The van der Waals surface area contributed by atoms with Crippen LogP contribution in [-0.4, -0.2) is 42.3 Å². The summed E-state index contributed by atoms with van der Waals surface area (Å²) in [6.45, 7) is 4.18. The van der Waals surface area contributed by atoms with Crippen molar-refractivity contribution in [3.8, 4) is 0 Å². The molecule has 118 valence electrons. The number of rotatable bonds is 3. The number of alkyl carbamates (subject to hydrolysis) is 1. The summed E-state index contributed by atoms with van der Waals surface area (Å²) in [5.41, 5.74) is 1.07. The topological polar surface area (TPSA) is 66.0 Å². The van der Waals surface area contributed by atoms with Gasteiger partial charge in [0.15, 0.2) is 11.9 Å². The third-order valence-corrected chi connectivity index (χ3v) is 4.33. The second kappa shape index (κ2) is 4.94. The molecule has 1 aromatic rings. The van der Waals surface area contributed by atoms with Gasteiger partial charge < -0.3 is 24.3 Å². The molecule has 0 aromatic heterocycles. The van der Waals surface area contributed by atoms with Crippen molar-refractivity contribution in [3.05, 3.63) is 35.9 Å². The van der Waals surface area contributed by atoms with E-state index in [1.54, 1.807) is 0 Å². The van der Waals surface area contributed by atoms with Crippen LogP contribution in [0.5, 0.6) is 0 Å². The van der Waals surface area contributed by atoms with Crippen molar-refractivity contribution in [1.82, 2.24) is 5.32 Å². The second-order valence-corrected chi connectivity index (χ2v) is 6.37.